The quantitative estimate of drug-likeness (QED) is 0.894. The van der Waals surface area contributed by atoms with Gasteiger partial charge in [0.2, 0.25) is 5.91 Å². The number of nitrogens with zero attached hydrogens (tertiary/aromatic N) is 3. The Kier molecular flexibility index (Phi) is 5.96. The smallest absolute Gasteiger partial charge is 0.254 e. The minimum atomic E-state index is -0.141. The highest BCUT2D eigenvalue weighted by molar-refractivity contribution is 5.96. The summed E-state index contributed by atoms with van der Waals surface area (Å²) in [6, 6.07) is 11.2. The molecular weight excluding hydrogens is 328 g/mol. The molecule has 136 valence electrons. The van der Waals surface area contributed by atoms with Crippen molar-refractivity contribution < 1.29 is 9.59 Å². The fraction of sp³-hybridized carbons (Fsp3) is 0.350. The second kappa shape index (κ2) is 8.58. The van der Waals surface area contributed by atoms with E-state index in [0.29, 0.717) is 11.3 Å². The Labute approximate surface area is 153 Å². The van der Waals surface area contributed by atoms with E-state index in [9.17, 15) is 9.59 Å². The normalized spacial score (nSPS) is 14.9. The van der Waals surface area contributed by atoms with E-state index in [1.165, 1.54) is 12.5 Å². The lowest BCUT2D eigenvalue weighted by Crippen LogP contribution is -2.49. The number of piperazine rings is 1. The topological polar surface area (TPSA) is 65.5 Å². The van der Waals surface area contributed by atoms with E-state index in [2.05, 4.69) is 15.2 Å². The maximum Gasteiger partial charge on any atom is 0.254 e. The zero-order valence-electron chi connectivity index (χ0n) is 15.0. The first-order valence-corrected chi connectivity index (χ1v) is 8.90. The number of carbonyl (C=O) groups is 2. The van der Waals surface area contributed by atoms with Crippen LogP contribution in [0.25, 0.3) is 0 Å². The van der Waals surface area contributed by atoms with Crippen molar-refractivity contribution in [2.45, 2.75) is 13.3 Å². The molecule has 1 N–H and O–H groups in total. The summed E-state index contributed by atoms with van der Waals surface area (Å²) in [5, 5.41) is 2.72. The molecule has 6 nitrogen and oxygen atoms in total. The second-order valence-corrected chi connectivity index (χ2v) is 6.50. The molecule has 1 aromatic heterocycles. The van der Waals surface area contributed by atoms with E-state index < -0.39 is 0 Å². The average Bonchev–Trinajstić information content (AvgIpc) is 2.67. The molecule has 0 aliphatic carbocycles. The lowest BCUT2D eigenvalue weighted by Gasteiger charge is -2.34. The minimum absolute atomic E-state index is 0.0194. The standard InChI is InChI=1S/C20H24N4O2/c1-16(25)22-19-4-2-3-18(15-19)20(26)24-13-11-23(12-14-24)10-7-17-5-8-21-9-6-17/h2-6,8-9,15H,7,10-14H2,1H3,(H,22,25). The predicted molar refractivity (Wildman–Crippen MR) is 101 cm³/mol. The van der Waals surface area contributed by atoms with E-state index in [4.69, 9.17) is 0 Å². The number of amides is 2. The van der Waals surface area contributed by atoms with Crippen LogP contribution in [0.15, 0.2) is 48.8 Å². The molecule has 0 saturated carbocycles. The van der Waals surface area contributed by atoms with Gasteiger partial charge >= 0.3 is 0 Å². The summed E-state index contributed by atoms with van der Waals surface area (Å²) in [5.41, 5.74) is 2.55. The monoisotopic (exact) mass is 352 g/mol. The van der Waals surface area contributed by atoms with E-state index in [1.807, 2.05) is 29.4 Å². The van der Waals surface area contributed by atoms with E-state index in [-0.39, 0.29) is 11.8 Å². The summed E-state index contributed by atoms with van der Waals surface area (Å²) in [5.74, 6) is -0.122. The van der Waals surface area contributed by atoms with Gasteiger partial charge in [-0.2, -0.15) is 0 Å². The molecule has 2 amide bonds. The van der Waals surface area contributed by atoms with Crippen molar-refractivity contribution in [2.75, 3.05) is 38.0 Å². The van der Waals surface area contributed by atoms with Gasteiger partial charge in [0.15, 0.2) is 0 Å². The summed E-state index contributed by atoms with van der Waals surface area (Å²) >= 11 is 0. The van der Waals surface area contributed by atoms with Crippen molar-refractivity contribution >= 4 is 17.5 Å². The summed E-state index contributed by atoms with van der Waals surface area (Å²) in [7, 11) is 0. The van der Waals surface area contributed by atoms with Gasteiger partial charge in [-0.25, -0.2) is 0 Å². The fourth-order valence-corrected chi connectivity index (χ4v) is 3.13. The molecule has 26 heavy (non-hydrogen) atoms. The molecule has 0 unspecified atom stereocenters. The van der Waals surface area contributed by atoms with Crippen LogP contribution in [-0.4, -0.2) is 59.3 Å². The summed E-state index contributed by atoms with van der Waals surface area (Å²) in [6.45, 7) is 5.65. The molecule has 0 bridgehead atoms. The van der Waals surface area contributed by atoms with Crippen molar-refractivity contribution in [3.63, 3.8) is 0 Å². The summed E-state index contributed by atoms with van der Waals surface area (Å²) < 4.78 is 0. The highest BCUT2D eigenvalue weighted by atomic mass is 16.2. The Hall–Kier alpha value is -2.73. The van der Waals surface area contributed by atoms with Gasteiger partial charge in [-0.1, -0.05) is 6.07 Å². The number of hydrogen-bond donors (Lipinski definition) is 1. The van der Waals surface area contributed by atoms with E-state index in [1.54, 1.807) is 24.3 Å². The second-order valence-electron chi connectivity index (χ2n) is 6.50. The first kappa shape index (κ1) is 18.1. The minimum Gasteiger partial charge on any atom is -0.336 e. The Balaban J connectivity index is 1.51. The highest BCUT2D eigenvalue weighted by Gasteiger charge is 2.22. The van der Waals surface area contributed by atoms with Crippen LogP contribution >= 0.6 is 0 Å². The number of rotatable bonds is 5. The Morgan fingerprint density at radius 2 is 1.81 bits per heavy atom. The predicted octanol–water partition coefficient (Wildman–Crippen LogP) is 2.04. The van der Waals surface area contributed by atoms with Crippen molar-refractivity contribution in [3.8, 4) is 0 Å². The number of nitrogens with one attached hydrogen (secondary N) is 1. The van der Waals surface area contributed by atoms with Crippen LogP contribution in [-0.2, 0) is 11.2 Å². The molecule has 1 fully saturated rings. The lowest BCUT2D eigenvalue weighted by molar-refractivity contribution is -0.114. The number of pyridine rings is 1. The Bertz CT molecular complexity index is 755. The van der Waals surface area contributed by atoms with Gasteiger partial charge in [-0.15, -0.1) is 0 Å². The van der Waals surface area contributed by atoms with Crippen LogP contribution < -0.4 is 5.32 Å². The van der Waals surface area contributed by atoms with Crippen LogP contribution in [0, 0.1) is 0 Å². The molecule has 6 heteroatoms. The van der Waals surface area contributed by atoms with Gasteiger partial charge in [0.05, 0.1) is 0 Å². The van der Waals surface area contributed by atoms with Crippen molar-refractivity contribution in [1.29, 1.82) is 0 Å². The van der Waals surface area contributed by atoms with Gasteiger partial charge in [0, 0.05) is 63.3 Å². The number of benzene rings is 1. The van der Waals surface area contributed by atoms with Crippen LogP contribution in [0.2, 0.25) is 0 Å². The molecule has 1 saturated heterocycles. The number of hydrogen-bond acceptors (Lipinski definition) is 4. The Morgan fingerprint density at radius 1 is 1.08 bits per heavy atom. The number of carbonyl (C=O) groups excluding carboxylic acids is 2. The molecule has 1 aromatic carbocycles. The molecule has 0 spiro atoms. The lowest BCUT2D eigenvalue weighted by atomic mass is 10.1. The SMILES string of the molecule is CC(=O)Nc1cccc(C(=O)N2CCN(CCc3ccncc3)CC2)c1. The molecule has 1 aliphatic heterocycles. The molecule has 3 rings (SSSR count). The first-order valence-electron chi connectivity index (χ1n) is 8.90. The van der Waals surface area contributed by atoms with Crippen molar-refractivity contribution in [1.82, 2.24) is 14.8 Å². The third-order valence-electron chi connectivity index (χ3n) is 4.56. The van der Waals surface area contributed by atoms with E-state index >= 15 is 0 Å². The average molecular weight is 352 g/mol. The van der Waals surface area contributed by atoms with Gasteiger partial charge in [-0.3, -0.25) is 19.5 Å². The highest BCUT2D eigenvalue weighted by Crippen LogP contribution is 2.14. The van der Waals surface area contributed by atoms with Crippen LogP contribution in [0.1, 0.15) is 22.8 Å². The maximum absolute atomic E-state index is 12.7. The maximum atomic E-state index is 12.7. The van der Waals surface area contributed by atoms with Crippen LogP contribution in [0.3, 0.4) is 0 Å². The molecule has 0 atom stereocenters. The number of aromatic nitrogens is 1. The summed E-state index contributed by atoms with van der Waals surface area (Å²) in [6.07, 6.45) is 4.64. The van der Waals surface area contributed by atoms with Gasteiger partial charge < -0.3 is 10.2 Å². The third kappa shape index (κ3) is 4.89. The van der Waals surface area contributed by atoms with Crippen LogP contribution in [0.4, 0.5) is 5.69 Å². The van der Waals surface area contributed by atoms with Gasteiger partial charge in [0.1, 0.15) is 0 Å². The molecule has 1 aliphatic rings. The van der Waals surface area contributed by atoms with Gasteiger partial charge in [0.25, 0.3) is 5.91 Å². The van der Waals surface area contributed by atoms with Crippen molar-refractivity contribution in [2.24, 2.45) is 0 Å². The van der Waals surface area contributed by atoms with Crippen molar-refractivity contribution in [3.05, 3.63) is 59.9 Å². The zero-order valence-corrected chi connectivity index (χ0v) is 15.0. The fourth-order valence-electron chi connectivity index (χ4n) is 3.13. The molecule has 2 heterocycles. The Morgan fingerprint density at radius 3 is 2.50 bits per heavy atom. The van der Waals surface area contributed by atoms with Gasteiger partial charge in [-0.05, 0) is 42.3 Å². The largest absolute Gasteiger partial charge is 0.336 e. The third-order valence-corrected chi connectivity index (χ3v) is 4.56. The molecule has 2 aromatic rings. The zero-order chi connectivity index (χ0) is 18.4. The van der Waals surface area contributed by atoms with Crippen LogP contribution in [0.5, 0.6) is 0 Å². The first-order chi connectivity index (χ1) is 12.6. The number of anilines is 1. The molecular formula is C20H24N4O2. The summed E-state index contributed by atoms with van der Waals surface area (Å²) in [4.78, 5) is 32.2. The van der Waals surface area contributed by atoms with E-state index in [0.717, 1.165) is 39.1 Å². The molecule has 0 radical (unpaired) electrons.